The van der Waals surface area contributed by atoms with Crippen LogP contribution in [0.2, 0.25) is 0 Å². The first-order valence-corrected chi connectivity index (χ1v) is 10.5. The van der Waals surface area contributed by atoms with Gasteiger partial charge in [0.05, 0.1) is 17.4 Å². The first-order valence-electron chi connectivity index (χ1n) is 10.5. The molecule has 0 unspecified atom stereocenters. The molecule has 170 valence electrons. The van der Waals surface area contributed by atoms with E-state index in [1.165, 1.54) is 12.1 Å². The quantitative estimate of drug-likeness (QED) is 0.369. The van der Waals surface area contributed by atoms with Crippen LogP contribution in [0.5, 0.6) is 0 Å². The summed E-state index contributed by atoms with van der Waals surface area (Å²) in [6.45, 7) is 2.58. The lowest BCUT2D eigenvalue weighted by atomic mass is 10.1. The summed E-state index contributed by atoms with van der Waals surface area (Å²) >= 11 is 0. The summed E-state index contributed by atoms with van der Waals surface area (Å²) < 4.78 is 46.0. The van der Waals surface area contributed by atoms with E-state index >= 15 is 0 Å². The number of halogens is 3. The Hall–Kier alpha value is -3.74. The average molecular weight is 452 g/mol. The fourth-order valence-corrected chi connectivity index (χ4v) is 3.84. The molecule has 4 rings (SSSR count). The fourth-order valence-electron chi connectivity index (χ4n) is 3.84. The number of aromatic nitrogens is 1. The Bertz CT molecular complexity index is 1210. The van der Waals surface area contributed by atoms with Crippen molar-refractivity contribution in [1.29, 1.82) is 0 Å². The lowest BCUT2D eigenvalue weighted by Gasteiger charge is -2.13. The van der Waals surface area contributed by atoms with Gasteiger partial charge in [0.2, 0.25) is 0 Å². The van der Waals surface area contributed by atoms with Crippen LogP contribution >= 0.6 is 0 Å². The zero-order valence-corrected chi connectivity index (χ0v) is 18.0. The summed E-state index contributed by atoms with van der Waals surface area (Å²) in [5, 5.41) is 2.97. The summed E-state index contributed by atoms with van der Waals surface area (Å²) in [6, 6.07) is 18.3. The van der Waals surface area contributed by atoms with E-state index in [2.05, 4.69) is 5.32 Å². The van der Waals surface area contributed by atoms with Crippen LogP contribution in [0.15, 0.2) is 83.6 Å². The molecule has 0 aliphatic carbocycles. The lowest BCUT2D eigenvalue weighted by molar-refractivity contribution is -0.137. The lowest BCUT2D eigenvalue weighted by Crippen LogP contribution is -2.28. The molecule has 4 nitrogen and oxygen atoms in total. The topological polar surface area (TPSA) is 47.2 Å². The molecule has 7 heteroatoms. The van der Waals surface area contributed by atoms with Gasteiger partial charge < -0.3 is 14.3 Å². The third-order valence-corrected chi connectivity index (χ3v) is 5.43. The van der Waals surface area contributed by atoms with Crippen LogP contribution in [0.1, 0.15) is 32.7 Å². The van der Waals surface area contributed by atoms with Crippen molar-refractivity contribution >= 4 is 5.91 Å². The summed E-state index contributed by atoms with van der Waals surface area (Å²) in [5.74, 6) is 0.296. The van der Waals surface area contributed by atoms with Crippen molar-refractivity contribution < 1.29 is 22.4 Å². The van der Waals surface area contributed by atoms with Crippen molar-refractivity contribution in [3.8, 4) is 11.3 Å². The molecule has 2 aromatic carbocycles. The Balaban J connectivity index is 1.60. The molecule has 0 aliphatic rings. The van der Waals surface area contributed by atoms with Gasteiger partial charge >= 0.3 is 6.18 Å². The minimum Gasteiger partial charge on any atom is -0.464 e. The minimum absolute atomic E-state index is 0.251. The molecular formula is C26H23F3N2O2. The number of furan rings is 1. The predicted octanol–water partition coefficient (Wildman–Crippen LogP) is 6.10. The fraction of sp³-hybridized carbons (Fsp3) is 0.192. The number of nitrogens with one attached hydrogen (secondary N) is 1. The molecule has 0 bridgehead atoms. The standard InChI is InChI=1S/C26H23F3N2O2/c1-18-16-31(17-20-9-11-21(12-10-20)26(27,28)29)24(23(18)22-8-5-15-33-22)25(32)30-14-13-19-6-3-2-4-7-19/h2-12,15-16H,13-14,17H2,1H3,(H,30,32). The molecule has 0 atom stereocenters. The Morgan fingerprint density at radius 3 is 2.33 bits per heavy atom. The number of nitrogens with zero attached hydrogens (tertiary/aromatic N) is 1. The molecule has 4 aromatic rings. The largest absolute Gasteiger partial charge is 0.464 e. The van der Waals surface area contributed by atoms with Crippen LogP contribution < -0.4 is 5.32 Å². The van der Waals surface area contributed by atoms with E-state index in [9.17, 15) is 18.0 Å². The third kappa shape index (κ3) is 5.19. The molecule has 2 heterocycles. The molecule has 1 N–H and O–H groups in total. The minimum atomic E-state index is -4.39. The van der Waals surface area contributed by atoms with Crippen molar-refractivity contribution in [2.24, 2.45) is 0 Å². The van der Waals surface area contributed by atoms with Crippen LogP contribution in [-0.4, -0.2) is 17.0 Å². The molecule has 0 fully saturated rings. The van der Waals surface area contributed by atoms with Crippen LogP contribution in [-0.2, 0) is 19.1 Å². The Morgan fingerprint density at radius 1 is 0.970 bits per heavy atom. The Morgan fingerprint density at radius 2 is 1.70 bits per heavy atom. The maximum Gasteiger partial charge on any atom is 0.416 e. The van der Waals surface area contributed by atoms with Gasteiger partial charge in [0.25, 0.3) is 5.91 Å². The highest BCUT2D eigenvalue weighted by molar-refractivity contribution is 6.00. The van der Waals surface area contributed by atoms with Gasteiger partial charge in [-0.25, -0.2) is 0 Å². The number of carbonyl (C=O) groups is 1. The molecule has 0 aliphatic heterocycles. The van der Waals surface area contributed by atoms with Crippen LogP contribution in [0.3, 0.4) is 0 Å². The summed E-state index contributed by atoms with van der Waals surface area (Å²) in [7, 11) is 0. The van der Waals surface area contributed by atoms with Crippen molar-refractivity contribution in [1.82, 2.24) is 9.88 Å². The number of alkyl halides is 3. The zero-order chi connectivity index (χ0) is 23.4. The first kappa shape index (κ1) is 22.5. The monoisotopic (exact) mass is 452 g/mol. The van der Waals surface area contributed by atoms with Crippen molar-refractivity contribution in [3.63, 3.8) is 0 Å². The van der Waals surface area contributed by atoms with E-state index in [0.717, 1.165) is 23.3 Å². The second-order valence-electron chi connectivity index (χ2n) is 7.83. The summed E-state index contributed by atoms with van der Waals surface area (Å²) in [4.78, 5) is 13.2. The highest BCUT2D eigenvalue weighted by atomic mass is 19.4. The SMILES string of the molecule is Cc1cn(Cc2ccc(C(F)(F)F)cc2)c(C(=O)NCCc2ccccc2)c1-c1ccco1. The van der Waals surface area contributed by atoms with Gasteiger partial charge in [0.1, 0.15) is 11.5 Å². The van der Waals surface area contributed by atoms with E-state index in [1.54, 1.807) is 23.0 Å². The average Bonchev–Trinajstić information content (AvgIpc) is 3.41. The highest BCUT2D eigenvalue weighted by Crippen LogP contribution is 2.32. The highest BCUT2D eigenvalue weighted by Gasteiger charge is 2.30. The molecule has 0 spiro atoms. The van der Waals surface area contributed by atoms with Crippen molar-refractivity contribution in [2.75, 3.05) is 6.54 Å². The van der Waals surface area contributed by atoms with Gasteiger partial charge in [0, 0.05) is 19.3 Å². The van der Waals surface area contributed by atoms with Crippen molar-refractivity contribution in [3.05, 3.63) is 107 Å². The number of rotatable bonds is 7. The van der Waals surface area contributed by atoms with Gasteiger partial charge in [-0.05, 0) is 54.3 Å². The molecular weight excluding hydrogens is 429 g/mol. The van der Waals surface area contributed by atoms with Gasteiger partial charge in [-0.2, -0.15) is 13.2 Å². The van der Waals surface area contributed by atoms with E-state index in [4.69, 9.17) is 4.42 Å². The summed E-state index contributed by atoms with van der Waals surface area (Å²) in [5.41, 5.74) is 2.98. The zero-order valence-electron chi connectivity index (χ0n) is 18.0. The Kier molecular flexibility index (Phi) is 6.40. The van der Waals surface area contributed by atoms with Gasteiger partial charge in [-0.15, -0.1) is 0 Å². The molecule has 0 saturated heterocycles. The number of aryl methyl sites for hydroxylation is 1. The molecule has 2 aromatic heterocycles. The van der Waals surface area contributed by atoms with Crippen LogP contribution in [0.25, 0.3) is 11.3 Å². The molecule has 1 amide bonds. The first-order chi connectivity index (χ1) is 15.8. The van der Waals surface area contributed by atoms with Gasteiger partial charge in [-0.3, -0.25) is 4.79 Å². The number of carbonyl (C=O) groups excluding carboxylic acids is 1. The molecule has 0 saturated carbocycles. The summed E-state index contributed by atoms with van der Waals surface area (Å²) in [6.07, 6.45) is -0.346. The van der Waals surface area contributed by atoms with E-state index in [1.807, 2.05) is 43.5 Å². The van der Waals surface area contributed by atoms with Gasteiger partial charge in [-0.1, -0.05) is 42.5 Å². The number of hydrogen-bond acceptors (Lipinski definition) is 2. The molecule has 0 radical (unpaired) electrons. The Labute approximate surface area is 189 Å². The predicted molar refractivity (Wildman–Crippen MR) is 120 cm³/mol. The second-order valence-corrected chi connectivity index (χ2v) is 7.83. The van der Waals surface area contributed by atoms with Gasteiger partial charge in [0.15, 0.2) is 0 Å². The smallest absolute Gasteiger partial charge is 0.416 e. The van der Waals surface area contributed by atoms with E-state index in [0.29, 0.717) is 35.5 Å². The van der Waals surface area contributed by atoms with Crippen LogP contribution in [0.4, 0.5) is 13.2 Å². The third-order valence-electron chi connectivity index (χ3n) is 5.43. The number of hydrogen-bond donors (Lipinski definition) is 1. The van der Waals surface area contributed by atoms with E-state index < -0.39 is 11.7 Å². The van der Waals surface area contributed by atoms with Crippen LogP contribution in [0, 0.1) is 6.92 Å². The maximum atomic E-state index is 13.2. The normalized spacial score (nSPS) is 11.5. The van der Waals surface area contributed by atoms with Crippen molar-refractivity contribution in [2.45, 2.75) is 26.1 Å². The number of amides is 1. The van der Waals surface area contributed by atoms with E-state index in [-0.39, 0.29) is 12.5 Å². The second kappa shape index (κ2) is 9.40. The maximum absolute atomic E-state index is 13.2. The number of benzene rings is 2. The molecule has 33 heavy (non-hydrogen) atoms.